The van der Waals surface area contributed by atoms with E-state index < -0.39 is 0 Å². The largest absolute Gasteiger partial charge is 0.381 e. The van der Waals surface area contributed by atoms with Gasteiger partial charge in [0.2, 0.25) is 0 Å². The van der Waals surface area contributed by atoms with Gasteiger partial charge in [-0.2, -0.15) is 0 Å². The lowest BCUT2D eigenvalue weighted by Crippen LogP contribution is -2.27. The first-order valence-electron chi connectivity index (χ1n) is 7.70. The van der Waals surface area contributed by atoms with E-state index in [-0.39, 0.29) is 6.29 Å². The number of ether oxygens (including phenoxy) is 3. The number of nitrogens with one attached hydrogen (secondary N) is 1. The summed E-state index contributed by atoms with van der Waals surface area (Å²) in [4.78, 5) is 8.66. The Hall–Kier alpha value is -1.24. The molecule has 1 aliphatic rings. The van der Waals surface area contributed by atoms with Crippen LogP contribution in [0.1, 0.15) is 38.3 Å². The molecule has 21 heavy (non-hydrogen) atoms. The summed E-state index contributed by atoms with van der Waals surface area (Å²) in [5, 5.41) is 3.26. The minimum absolute atomic E-state index is 0.249. The molecule has 0 radical (unpaired) electrons. The van der Waals surface area contributed by atoms with Crippen LogP contribution < -0.4 is 5.32 Å². The monoisotopic (exact) mass is 295 g/mol. The second kappa shape index (κ2) is 8.92. The van der Waals surface area contributed by atoms with E-state index in [2.05, 4.69) is 15.3 Å². The smallest absolute Gasteiger partial charge is 0.174 e. The third kappa shape index (κ3) is 5.22. The Bertz CT molecular complexity index is 405. The second-order valence-electron chi connectivity index (χ2n) is 4.94. The van der Waals surface area contributed by atoms with Crippen molar-refractivity contribution >= 4 is 5.82 Å². The normalized spacial score (nSPS) is 16.3. The van der Waals surface area contributed by atoms with E-state index >= 15 is 0 Å². The molecule has 0 unspecified atom stereocenters. The van der Waals surface area contributed by atoms with Crippen LogP contribution in [0.3, 0.4) is 0 Å². The molecule has 2 heterocycles. The van der Waals surface area contributed by atoms with E-state index in [4.69, 9.17) is 14.2 Å². The van der Waals surface area contributed by atoms with Crippen molar-refractivity contribution in [2.75, 3.05) is 38.3 Å². The van der Waals surface area contributed by atoms with E-state index in [9.17, 15) is 0 Å². The van der Waals surface area contributed by atoms with Gasteiger partial charge >= 0.3 is 0 Å². The number of aromatic nitrogens is 2. The van der Waals surface area contributed by atoms with Gasteiger partial charge in [0, 0.05) is 44.1 Å². The summed E-state index contributed by atoms with van der Waals surface area (Å²) in [6.45, 7) is 7.38. The van der Waals surface area contributed by atoms with Crippen molar-refractivity contribution in [3.05, 3.63) is 18.1 Å². The van der Waals surface area contributed by atoms with Gasteiger partial charge < -0.3 is 19.5 Å². The van der Waals surface area contributed by atoms with Gasteiger partial charge in [0.05, 0.1) is 6.54 Å². The van der Waals surface area contributed by atoms with Crippen molar-refractivity contribution in [2.24, 2.45) is 0 Å². The summed E-state index contributed by atoms with van der Waals surface area (Å²) in [6, 6.07) is 2.02. The van der Waals surface area contributed by atoms with E-state index in [0.29, 0.717) is 25.7 Å². The van der Waals surface area contributed by atoms with Gasteiger partial charge in [0.1, 0.15) is 12.1 Å². The fraction of sp³-hybridized carbons (Fsp3) is 0.733. The summed E-state index contributed by atoms with van der Waals surface area (Å²) in [5.41, 5.74) is 1.08. The SMILES string of the molecule is CCOC(CNc1cc(C2CCOCC2)ncn1)OCC. The number of anilines is 1. The van der Waals surface area contributed by atoms with Gasteiger partial charge in [-0.05, 0) is 26.7 Å². The average molecular weight is 295 g/mol. The Balaban J connectivity index is 1.90. The van der Waals surface area contributed by atoms with Crippen LogP contribution in [0, 0.1) is 0 Å². The second-order valence-corrected chi connectivity index (χ2v) is 4.94. The van der Waals surface area contributed by atoms with Crippen molar-refractivity contribution in [1.82, 2.24) is 9.97 Å². The van der Waals surface area contributed by atoms with Crippen LogP contribution in [-0.4, -0.2) is 49.2 Å². The molecule has 0 amide bonds. The molecule has 1 saturated heterocycles. The van der Waals surface area contributed by atoms with Crippen LogP contribution in [0.4, 0.5) is 5.82 Å². The van der Waals surface area contributed by atoms with Crippen LogP contribution >= 0.6 is 0 Å². The summed E-state index contributed by atoms with van der Waals surface area (Å²) in [7, 11) is 0. The molecule has 1 aromatic heterocycles. The van der Waals surface area contributed by atoms with Gasteiger partial charge in [-0.3, -0.25) is 0 Å². The Morgan fingerprint density at radius 1 is 1.24 bits per heavy atom. The zero-order valence-electron chi connectivity index (χ0n) is 12.9. The third-order valence-electron chi connectivity index (χ3n) is 3.48. The summed E-state index contributed by atoms with van der Waals surface area (Å²) in [5.74, 6) is 1.28. The Morgan fingerprint density at radius 3 is 2.62 bits per heavy atom. The van der Waals surface area contributed by atoms with Crippen LogP contribution in [-0.2, 0) is 14.2 Å². The van der Waals surface area contributed by atoms with Crippen LogP contribution in [0.5, 0.6) is 0 Å². The highest BCUT2D eigenvalue weighted by Gasteiger charge is 2.18. The zero-order chi connectivity index (χ0) is 14.9. The first kappa shape index (κ1) is 16.1. The minimum atomic E-state index is -0.249. The maximum absolute atomic E-state index is 5.51. The molecule has 0 aromatic carbocycles. The predicted molar refractivity (Wildman–Crippen MR) is 80.4 cm³/mol. The fourth-order valence-electron chi connectivity index (χ4n) is 2.41. The molecule has 0 bridgehead atoms. The fourth-order valence-corrected chi connectivity index (χ4v) is 2.41. The maximum Gasteiger partial charge on any atom is 0.174 e. The first-order chi connectivity index (χ1) is 10.3. The van der Waals surface area contributed by atoms with E-state index in [1.807, 2.05) is 19.9 Å². The maximum atomic E-state index is 5.51. The lowest BCUT2D eigenvalue weighted by Gasteiger charge is -2.22. The molecule has 0 atom stereocenters. The predicted octanol–water partition coefficient (Wildman–Crippen LogP) is 2.18. The van der Waals surface area contributed by atoms with E-state index in [1.165, 1.54) is 0 Å². The Kier molecular flexibility index (Phi) is 6.85. The minimum Gasteiger partial charge on any atom is -0.381 e. The molecule has 2 rings (SSSR count). The quantitative estimate of drug-likeness (QED) is 0.742. The lowest BCUT2D eigenvalue weighted by atomic mass is 9.96. The lowest BCUT2D eigenvalue weighted by molar-refractivity contribution is -0.126. The van der Waals surface area contributed by atoms with Crippen LogP contribution in [0.15, 0.2) is 12.4 Å². The molecule has 6 heteroatoms. The van der Waals surface area contributed by atoms with Gasteiger partial charge in [-0.1, -0.05) is 0 Å². The Labute approximate surface area is 126 Å². The van der Waals surface area contributed by atoms with Gasteiger partial charge in [-0.15, -0.1) is 0 Å². The number of nitrogens with zero attached hydrogens (tertiary/aromatic N) is 2. The molecule has 1 aromatic rings. The van der Waals surface area contributed by atoms with Crippen molar-refractivity contribution < 1.29 is 14.2 Å². The highest BCUT2D eigenvalue weighted by atomic mass is 16.7. The molecule has 0 spiro atoms. The molecule has 0 saturated carbocycles. The van der Waals surface area contributed by atoms with Crippen molar-refractivity contribution in [2.45, 2.75) is 38.9 Å². The summed E-state index contributed by atoms with van der Waals surface area (Å²) < 4.78 is 16.4. The molecule has 1 fully saturated rings. The van der Waals surface area contributed by atoms with Crippen LogP contribution in [0.25, 0.3) is 0 Å². The average Bonchev–Trinajstić information content (AvgIpc) is 2.54. The number of hydrogen-bond donors (Lipinski definition) is 1. The van der Waals surface area contributed by atoms with E-state index in [0.717, 1.165) is 37.6 Å². The van der Waals surface area contributed by atoms with Gasteiger partial charge in [0.15, 0.2) is 6.29 Å². The van der Waals surface area contributed by atoms with E-state index in [1.54, 1.807) is 6.33 Å². The summed E-state index contributed by atoms with van der Waals surface area (Å²) >= 11 is 0. The molecular formula is C15H25N3O3. The topological polar surface area (TPSA) is 65.5 Å². The molecule has 0 aliphatic carbocycles. The molecule has 118 valence electrons. The standard InChI is InChI=1S/C15H25N3O3/c1-3-20-15(21-4-2)10-16-14-9-13(17-11-18-14)12-5-7-19-8-6-12/h9,11-12,15H,3-8,10H2,1-2H3,(H,16,17,18). The molecule has 6 nitrogen and oxygen atoms in total. The van der Waals surface area contributed by atoms with Gasteiger partial charge in [-0.25, -0.2) is 9.97 Å². The van der Waals surface area contributed by atoms with Crippen LogP contribution in [0.2, 0.25) is 0 Å². The van der Waals surface area contributed by atoms with Gasteiger partial charge in [0.25, 0.3) is 0 Å². The van der Waals surface area contributed by atoms with Crippen molar-refractivity contribution in [3.63, 3.8) is 0 Å². The zero-order valence-corrected chi connectivity index (χ0v) is 12.9. The highest BCUT2D eigenvalue weighted by Crippen LogP contribution is 2.25. The molecule has 1 aliphatic heterocycles. The van der Waals surface area contributed by atoms with Crippen molar-refractivity contribution in [3.8, 4) is 0 Å². The summed E-state index contributed by atoms with van der Waals surface area (Å²) in [6.07, 6.45) is 3.42. The Morgan fingerprint density at radius 2 is 1.95 bits per heavy atom. The number of hydrogen-bond acceptors (Lipinski definition) is 6. The highest BCUT2D eigenvalue weighted by molar-refractivity contribution is 5.35. The third-order valence-corrected chi connectivity index (χ3v) is 3.48. The molecule has 1 N–H and O–H groups in total. The number of rotatable bonds is 8. The molecular weight excluding hydrogens is 270 g/mol. The van der Waals surface area contributed by atoms with Crippen molar-refractivity contribution in [1.29, 1.82) is 0 Å². The first-order valence-corrected chi connectivity index (χ1v) is 7.70.